The Labute approximate surface area is 180 Å². The molecule has 0 bridgehead atoms. The second-order valence-electron chi connectivity index (χ2n) is 6.64. The van der Waals surface area contributed by atoms with Gasteiger partial charge in [-0.15, -0.1) is 0 Å². The number of hydrogen-bond acceptors (Lipinski definition) is 8. The zero-order valence-electron chi connectivity index (χ0n) is 17.8. The summed E-state index contributed by atoms with van der Waals surface area (Å²) >= 11 is 0. The summed E-state index contributed by atoms with van der Waals surface area (Å²) in [5, 5.41) is 0. The number of esters is 1. The van der Waals surface area contributed by atoms with E-state index in [9.17, 15) is 4.79 Å². The van der Waals surface area contributed by atoms with Gasteiger partial charge in [0.05, 0.1) is 27.4 Å². The molecule has 162 valence electrons. The van der Waals surface area contributed by atoms with Crippen LogP contribution in [0.25, 0.3) is 0 Å². The Morgan fingerprint density at radius 1 is 0.871 bits per heavy atom. The number of rotatable bonds is 9. The van der Waals surface area contributed by atoms with E-state index < -0.39 is 17.7 Å². The Kier molecular flexibility index (Phi) is 6.92. The van der Waals surface area contributed by atoms with Crippen molar-refractivity contribution in [3.05, 3.63) is 72.3 Å². The Morgan fingerprint density at radius 3 is 1.94 bits per heavy atom. The Bertz CT molecular complexity index is 977. The van der Waals surface area contributed by atoms with E-state index in [4.69, 9.17) is 23.7 Å². The highest BCUT2D eigenvalue weighted by molar-refractivity contribution is 5.77. The summed E-state index contributed by atoms with van der Waals surface area (Å²) in [5.41, 5.74) is -0.584. The monoisotopic (exact) mass is 424 g/mol. The highest BCUT2D eigenvalue weighted by atomic mass is 16.6. The van der Waals surface area contributed by atoms with Crippen LogP contribution in [-0.4, -0.2) is 43.4 Å². The van der Waals surface area contributed by atoms with Crippen molar-refractivity contribution >= 4 is 5.97 Å². The van der Waals surface area contributed by atoms with Crippen molar-refractivity contribution in [2.45, 2.75) is 18.6 Å². The normalized spacial score (nSPS) is 13.4. The van der Waals surface area contributed by atoms with Gasteiger partial charge in [0.2, 0.25) is 17.9 Å². The summed E-state index contributed by atoms with van der Waals surface area (Å²) < 4.78 is 27.7. The van der Waals surface area contributed by atoms with E-state index in [-0.39, 0.29) is 17.8 Å². The number of benzene rings is 2. The molecule has 0 aliphatic rings. The molecular weight excluding hydrogens is 400 g/mol. The molecule has 3 rings (SSSR count). The molecule has 31 heavy (non-hydrogen) atoms. The predicted octanol–water partition coefficient (Wildman–Crippen LogP) is 3.41. The lowest BCUT2D eigenvalue weighted by atomic mass is 9.89. The molecule has 0 N–H and O–H groups in total. The van der Waals surface area contributed by atoms with Crippen LogP contribution >= 0.6 is 0 Å². The van der Waals surface area contributed by atoms with Crippen LogP contribution in [0.1, 0.15) is 12.5 Å². The van der Waals surface area contributed by atoms with Crippen LogP contribution in [0.3, 0.4) is 0 Å². The van der Waals surface area contributed by atoms with Crippen LogP contribution in [0, 0.1) is 0 Å². The molecule has 2 aromatic carbocycles. The second-order valence-corrected chi connectivity index (χ2v) is 6.64. The number of aromatic nitrogens is 2. The Hall–Kier alpha value is -3.81. The van der Waals surface area contributed by atoms with E-state index in [1.54, 1.807) is 19.1 Å². The van der Waals surface area contributed by atoms with Crippen molar-refractivity contribution < 1.29 is 28.5 Å². The van der Waals surface area contributed by atoms with Crippen molar-refractivity contribution in [1.82, 2.24) is 9.97 Å². The van der Waals surface area contributed by atoms with Crippen molar-refractivity contribution in [3.63, 3.8) is 0 Å². The molecule has 2 unspecified atom stereocenters. The summed E-state index contributed by atoms with van der Waals surface area (Å²) in [5.74, 6) is 0.329. The number of nitrogens with zero attached hydrogens (tertiary/aromatic N) is 2. The number of para-hydroxylation sites is 1. The quantitative estimate of drug-likeness (QED) is 0.483. The molecule has 0 radical (unpaired) electrons. The Morgan fingerprint density at radius 2 is 1.42 bits per heavy atom. The molecule has 1 aromatic heterocycles. The van der Waals surface area contributed by atoms with Gasteiger partial charge in [0.15, 0.2) is 5.60 Å². The largest absolute Gasteiger partial charge is 0.481 e. The predicted molar refractivity (Wildman–Crippen MR) is 112 cm³/mol. The Balaban J connectivity index is 2.08. The van der Waals surface area contributed by atoms with Crippen molar-refractivity contribution in [2.75, 3.05) is 21.3 Å². The molecule has 8 heteroatoms. The topological polar surface area (TPSA) is 89.0 Å². The molecule has 2 atom stereocenters. The van der Waals surface area contributed by atoms with E-state index in [1.165, 1.54) is 27.4 Å². The summed E-state index contributed by atoms with van der Waals surface area (Å²) in [4.78, 5) is 21.2. The standard InChI is InChI=1S/C23H24N2O6/c1-23(16-11-7-5-8-12-16,31-17-13-9-6-10-14-17)20(21(26)29-4)30-22-24-18(27-2)15-19(25-22)28-3/h5-15,20H,1-4H3. The van der Waals surface area contributed by atoms with Gasteiger partial charge in [-0.2, -0.15) is 9.97 Å². The minimum Gasteiger partial charge on any atom is -0.481 e. The first-order valence-electron chi connectivity index (χ1n) is 9.51. The molecule has 0 fully saturated rings. The van der Waals surface area contributed by atoms with Crippen molar-refractivity contribution in [2.24, 2.45) is 0 Å². The van der Waals surface area contributed by atoms with Gasteiger partial charge < -0.3 is 23.7 Å². The highest BCUT2D eigenvalue weighted by Gasteiger charge is 2.47. The summed E-state index contributed by atoms with van der Waals surface area (Å²) in [6, 6.07) is 19.8. The van der Waals surface area contributed by atoms with Gasteiger partial charge in [-0.1, -0.05) is 48.5 Å². The molecule has 0 aliphatic heterocycles. The summed E-state index contributed by atoms with van der Waals surface area (Å²) in [6.07, 6.45) is -1.25. The van der Waals surface area contributed by atoms with Gasteiger partial charge in [0.25, 0.3) is 0 Å². The number of carbonyl (C=O) groups is 1. The molecule has 1 heterocycles. The molecule has 0 saturated heterocycles. The maximum atomic E-state index is 12.9. The zero-order valence-corrected chi connectivity index (χ0v) is 17.8. The van der Waals surface area contributed by atoms with Crippen molar-refractivity contribution in [3.8, 4) is 23.5 Å². The van der Waals surface area contributed by atoms with E-state index >= 15 is 0 Å². The van der Waals surface area contributed by atoms with Gasteiger partial charge in [-0.05, 0) is 24.6 Å². The minimum absolute atomic E-state index is 0.120. The van der Waals surface area contributed by atoms with Crippen LogP contribution in [0.5, 0.6) is 23.5 Å². The van der Waals surface area contributed by atoms with Crippen LogP contribution in [0.4, 0.5) is 0 Å². The second kappa shape index (κ2) is 9.80. The first-order valence-corrected chi connectivity index (χ1v) is 9.51. The third kappa shape index (κ3) is 5.03. The van der Waals surface area contributed by atoms with Crippen LogP contribution < -0.4 is 18.9 Å². The van der Waals surface area contributed by atoms with E-state index in [0.717, 1.165) is 0 Å². The lowest BCUT2D eigenvalue weighted by Gasteiger charge is -2.36. The van der Waals surface area contributed by atoms with E-state index in [1.807, 2.05) is 48.5 Å². The van der Waals surface area contributed by atoms with E-state index in [0.29, 0.717) is 11.3 Å². The fourth-order valence-electron chi connectivity index (χ4n) is 3.01. The van der Waals surface area contributed by atoms with Gasteiger partial charge in [0, 0.05) is 0 Å². The summed E-state index contributed by atoms with van der Waals surface area (Å²) in [6.45, 7) is 1.74. The third-order valence-electron chi connectivity index (χ3n) is 4.64. The molecule has 0 spiro atoms. The zero-order chi connectivity index (χ0) is 22.3. The lowest BCUT2D eigenvalue weighted by molar-refractivity contribution is -0.161. The van der Waals surface area contributed by atoms with Crippen LogP contribution in [-0.2, 0) is 15.1 Å². The lowest BCUT2D eigenvalue weighted by Crippen LogP contribution is -2.51. The van der Waals surface area contributed by atoms with Crippen LogP contribution in [0.2, 0.25) is 0 Å². The van der Waals surface area contributed by atoms with Gasteiger partial charge in [0.1, 0.15) is 5.75 Å². The van der Waals surface area contributed by atoms with Crippen molar-refractivity contribution in [1.29, 1.82) is 0 Å². The van der Waals surface area contributed by atoms with Gasteiger partial charge >= 0.3 is 12.0 Å². The fraction of sp³-hybridized carbons (Fsp3) is 0.261. The number of ether oxygens (including phenoxy) is 5. The number of carbonyl (C=O) groups excluding carboxylic acids is 1. The SMILES string of the molecule is COC(=O)C(Oc1nc(OC)cc(OC)n1)C(C)(Oc1ccccc1)c1ccccc1. The average Bonchev–Trinajstić information content (AvgIpc) is 2.82. The first kappa shape index (κ1) is 21.9. The molecular formula is C23H24N2O6. The maximum Gasteiger partial charge on any atom is 0.351 e. The third-order valence-corrected chi connectivity index (χ3v) is 4.64. The number of methoxy groups -OCH3 is 3. The first-order chi connectivity index (χ1) is 15.0. The fourth-order valence-corrected chi connectivity index (χ4v) is 3.01. The molecule has 0 saturated carbocycles. The smallest absolute Gasteiger partial charge is 0.351 e. The maximum absolute atomic E-state index is 12.9. The van der Waals surface area contributed by atoms with Crippen LogP contribution in [0.15, 0.2) is 66.7 Å². The minimum atomic E-state index is -1.28. The number of hydrogen-bond donors (Lipinski definition) is 0. The molecule has 8 nitrogen and oxygen atoms in total. The van der Waals surface area contributed by atoms with Gasteiger partial charge in [-0.3, -0.25) is 0 Å². The summed E-state index contributed by atoms with van der Waals surface area (Å²) in [7, 11) is 4.19. The highest BCUT2D eigenvalue weighted by Crippen LogP contribution is 2.34. The molecule has 0 amide bonds. The van der Waals surface area contributed by atoms with E-state index in [2.05, 4.69) is 9.97 Å². The van der Waals surface area contributed by atoms with Gasteiger partial charge in [-0.25, -0.2) is 4.79 Å². The molecule has 3 aromatic rings. The molecule has 0 aliphatic carbocycles. The average molecular weight is 424 g/mol.